The van der Waals surface area contributed by atoms with Crippen molar-refractivity contribution in [3.05, 3.63) is 182 Å². The van der Waals surface area contributed by atoms with Gasteiger partial charge in [0, 0.05) is 19.3 Å². The van der Waals surface area contributed by atoms with Gasteiger partial charge < -0.3 is 34.2 Å². The quantitative estimate of drug-likeness (QED) is 0.0146. The average Bonchev–Trinajstić information content (AvgIpc) is 0.909. The van der Waals surface area contributed by atoms with Gasteiger partial charge in [0.25, 0.3) is 0 Å². The Balaban J connectivity index is 4.56. The van der Waals surface area contributed by atoms with E-state index in [9.17, 15) is 43.5 Å². The van der Waals surface area contributed by atoms with Crippen LogP contribution in [0.5, 0.6) is 0 Å². The summed E-state index contributed by atoms with van der Waals surface area (Å²) in [7, 11) is -9.83. The third-order valence-electron chi connectivity index (χ3n) is 19.6. The van der Waals surface area contributed by atoms with Crippen LogP contribution in [0.4, 0.5) is 0 Å². The van der Waals surface area contributed by atoms with E-state index in [2.05, 4.69) is 203 Å². The summed E-state index contributed by atoms with van der Waals surface area (Å²) in [6, 6.07) is 0. The van der Waals surface area contributed by atoms with Crippen molar-refractivity contribution < 1.29 is 75.8 Å². The molecule has 0 aromatic carbocycles. The number of hydrogen-bond acceptors (Lipinski definition) is 14. The third-order valence-corrected chi connectivity index (χ3v) is 21.5. The van der Waals surface area contributed by atoms with Gasteiger partial charge >= 0.3 is 33.6 Å². The highest BCUT2D eigenvalue weighted by molar-refractivity contribution is 7.47. The van der Waals surface area contributed by atoms with Crippen LogP contribution in [0.2, 0.25) is 0 Å². The summed E-state index contributed by atoms with van der Waals surface area (Å²) in [5.41, 5.74) is 0. The van der Waals surface area contributed by atoms with Crippen LogP contribution in [0, 0.1) is 0 Å². The van der Waals surface area contributed by atoms with Gasteiger partial charge in [-0.15, -0.1) is 0 Å². The molecule has 16 nitrogen and oxygen atoms in total. The Bertz CT molecular complexity index is 2890. The van der Waals surface area contributed by atoms with Gasteiger partial charge in [-0.2, -0.15) is 0 Å². The summed E-state index contributed by atoms with van der Waals surface area (Å²) in [5.74, 6) is -1.63. The molecule has 0 aromatic rings. The maximum Gasteiger partial charge on any atom is 0.472 e. The monoisotopic (exact) mass is 1700 g/mol. The van der Waals surface area contributed by atoms with E-state index >= 15 is 0 Å². The van der Waals surface area contributed by atoms with E-state index in [0.29, 0.717) is 25.7 Å². The molecule has 0 saturated carbocycles. The molecule has 0 aliphatic rings. The number of phosphoric ester groups is 2. The molecule has 4 N–H and O–H groups in total. The topological polar surface area (TPSA) is 231 Å². The van der Waals surface area contributed by atoms with Gasteiger partial charge in [0.05, 0.1) is 26.4 Å². The van der Waals surface area contributed by atoms with Gasteiger partial charge in [-0.3, -0.25) is 32.5 Å². The van der Waals surface area contributed by atoms with Crippen molar-refractivity contribution in [1.82, 2.24) is 0 Å². The number of aliphatic hydroxyl groups is 2. The summed E-state index contributed by atoms with van der Waals surface area (Å²) in [4.78, 5) is 59.0. The van der Waals surface area contributed by atoms with Crippen molar-refractivity contribution in [3.63, 3.8) is 0 Å². The predicted molar refractivity (Wildman–Crippen MR) is 500 cm³/mol. The SMILES string of the molecule is CC/C=C\C/C=C\C/C=C\C/C=C\C/C=C\C/C=C\CCCCC(=O)OC(COC(=O)CCCCCCCCCCCCC/C=C\C/C=C\C/C=C\C/C=C\CCCCC)COP(=O)(O)OCC(O)COP(=O)(O)OCC(O)COC(=O)CCCCCCCCCCCCCCCCCCCCC/C=C\C/C=C\C/C=C\C/C=C\C/C=C\CC. The van der Waals surface area contributed by atoms with Crippen molar-refractivity contribution in [2.24, 2.45) is 0 Å². The second-order valence-electron chi connectivity index (χ2n) is 31.0. The Hall–Kier alpha value is -5.35. The van der Waals surface area contributed by atoms with Crippen molar-refractivity contribution in [3.8, 4) is 0 Å². The Morgan fingerprint density at radius 2 is 0.445 bits per heavy atom. The lowest BCUT2D eigenvalue weighted by Crippen LogP contribution is -2.30. The van der Waals surface area contributed by atoms with Crippen LogP contribution in [0.25, 0.3) is 0 Å². The van der Waals surface area contributed by atoms with Crippen molar-refractivity contribution in [2.45, 2.75) is 399 Å². The first-order valence-corrected chi connectivity index (χ1v) is 50.1. The van der Waals surface area contributed by atoms with E-state index in [-0.39, 0.29) is 19.3 Å². The zero-order chi connectivity index (χ0) is 86.5. The van der Waals surface area contributed by atoms with Crippen LogP contribution in [0.1, 0.15) is 380 Å². The lowest BCUT2D eigenvalue weighted by atomic mass is 10.0. The molecule has 0 aromatic heterocycles. The van der Waals surface area contributed by atoms with Crippen molar-refractivity contribution >= 4 is 33.6 Å². The van der Waals surface area contributed by atoms with Gasteiger partial charge in [0.1, 0.15) is 25.4 Å². The Kier molecular flexibility index (Phi) is 87.7. The van der Waals surface area contributed by atoms with E-state index in [0.717, 1.165) is 148 Å². The molecule has 119 heavy (non-hydrogen) atoms. The lowest BCUT2D eigenvalue weighted by molar-refractivity contribution is -0.161. The number of carbonyl (C=O) groups is 3. The number of esters is 3. The highest BCUT2D eigenvalue weighted by Gasteiger charge is 2.29. The minimum absolute atomic E-state index is 0.0439. The number of unbranched alkanes of at least 4 members (excludes halogenated alkanes) is 35. The summed E-state index contributed by atoms with van der Waals surface area (Å²) in [6.45, 7) is 2.41. The van der Waals surface area contributed by atoms with Crippen LogP contribution < -0.4 is 0 Å². The van der Waals surface area contributed by atoms with E-state index in [1.807, 2.05) is 0 Å². The van der Waals surface area contributed by atoms with Crippen LogP contribution in [0.3, 0.4) is 0 Å². The molecule has 0 fully saturated rings. The van der Waals surface area contributed by atoms with Gasteiger partial charge in [0.15, 0.2) is 6.10 Å². The minimum atomic E-state index is -4.96. The largest absolute Gasteiger partial charge is 0.472 e. The van der Waals surface area contributed by atoms with E-state index < -0.39 is 91.5 Å². The molecule has 0 amide bonds. The second kappa shape index (κ2) is 91.8. The molecule has 0 radical (unpaired) electrons. The van der Waals surface area contributed by atoms with Gasteiger partial charge in [0.2, 0.25) is 0 Å². The lowest BCUT2D eigenvalue weighted by Gasteiger charge is -2.21. The molecule has 5 atom stereocenters. The first-order chi connectivity index (χ1) is 58.2. The summed E-state index contributed by atoms with van der Waals surface area (Å²) in [5, 5.41) is 20.7. The highest BCUT2D eigenvalue weighted by atomic mass is 31.2. The zero-order valence-electron chi connectivity index (χ0n) is 75.0. The third kappa shape index (κ3) is 93.2. The predicted octanol–water partition coefficient (Wildman–Crippen LogP) is 29.2. The average molecular weight is 1700 g/mol. The Morgan fingerprint density at radius 3 is 0.723 bits per heavy atom. The van der Waals surface area contributed by atoms with Gasteiger partial charge in [-0.05, 0) is 161 Å². The molecular weight excluding hydrogens is 1530 g/mol. The molecule has 680 valence electrons. The molecule has 0 heterocycles. The molecule has 0 aliphatic heterocycles. The molecule has 0 spiro atoms. The van der Waals surface area contributed by atoms with E-state index in [4.69, 9.17) is 32.3 Å². The van der Waals surface area contributed by atoms with Gasteiger partial charge in [-0.1, -0.05) is 383 Å². The molecule has 0 rings (SSSR count). The molecule has 5 unspecified atom stereocenters. The second-order valence-corrected chi connectivity index (χ2v) is 34.0. The molecular formula is C101H170O16P2. The Labute approximate surface area is 725 Å². The normalized spacial score (nSPS) is 14.6. The van der Waals surface area contributed by atoms with E-state index in [1.165, 1.54) is 167 Å². The molecule has 0 bridgehead atoms. The van der Waals surface area contributed by atoms with Crippen LogP contribution in [-0.2, 0) is 55.8 Å². The first kappa shape index (κ1) is 114. The first-order valence-electron chi connectivity index (χ1n) is 47.1. The van der Waals surface area contributed by atoms with Crippen LogP contribution in [-0.4, -0.2) is 95.9 Å². The van der Waals surface area contributed by atoms with Crippen LogP contribution >= 0.6 is 15.6 Å². The number of phosphoric acid groups is 2. The number of ether oxygens (including phenoxy) is 3. The van der Waals surface area contributed by atoms with Gasteiger partial charge in [-0.25, -0.2) is 9.13 Å². The zero-order valence-corrected chi connectivity index (χ0v) is 76.8. The maximum atomic E-state index is 13.0. The van der Waals surface area contributed by atoms with Crippen molar-refractivity contribution in [1.29, 1.82) is 0 Å². The maximum absolute atomic E-state index is 13.0. The number of allylic oxidation sites excluding steroid dienone is 30. The fraction of sp³-hybridized carbons (Fsp3) is 0.673. The van der Waals surface area contributed by atoms with Crippen molar-refractivity contribution in [2.75, 3.05) is 39.6 Å². The number of aliphatic hydroxyl groups excluding tert-OH is 2. The number of carbonyl (C=O) groups excluding carboxylic acids is 3. The summed E-state index contributed by atoms with van der Waals surface area (Å²) >= 11 is 0. The summed E-state index contributed by atoms with van der Waals surface area (Å²) < 4.78 is 61.4. The minimum Gasteiger partial charge on any atom is -0.463 e. The molecule has 0 aliphatic carbocycles. The number of rotatable bonds is 88. The number of hydrogen-bond donors (Lipinski definition) is 4. The summed E-state index contributed by atoms with van der Waals surface area (Å²) in [6.07, 6.45) is 121. The molecule has 0 saturated heterocycles. The van der Waals surface area contributed by atoms with E-state index in [1.54, 1.807) is 0 Å². The smallest absolute Gasteiger partial charge is 0.463 e. The fourth-order valence-corrected chi connectivity index (χ4v) is 14.1. The molecule has 18 heteroatoms. The highest BCUT2D eigenvalue weighted by Crippen LogP contribution is 2.45. The van der Waals surface area contributed by atoms with Crippen LogP contribution in [0.15, 0.2) is 182 Å². The standard InChI is InChI=1S/C101H170O16P2/c1-4-7-10-13-16-19-22-25-28-31-34-37-39-41-43-44-45-46-47-48-49-50-52-54-55-58-60-63-66-69-72-75-78-81-84-87-99(104)111-90-96(102)91-113-118(107,108)114-92-97(103)93-115-119(109,110)116-95-98(117-101(106)89-86-83-80-77-74-71-68-65-62-57-36-33-30-27-24-21-18-15-12-9-6-3)94-112-100(105)88-85-82-79-76-73-70-67-64-61-59-56-53-51-42-40-38-35-32-29-26-23-20-17-14-11-8-5-2/h7,9-10,12,16-21,25-30,34-38,41-43,51,57,65,68,74,77,96-98,102-103H,4-6,8,11,13-15,22-24,31-33,39-40,44-50,52-56,58-64,66-67,69-73,75-76,78-95H2,1-3H3,(H,107,108)(H,109,110)/b10-7-,12-9-,19-16-,20-17-,21-18-,28-25-,29-26-,30-27-,37-34-,38-35-,43-41-,51-42-,57-36-,68-65-,77-74-. The Morgan fingerprint density at radius 1 is 0.244 bits per heavy atom. The fourth-order valence-electron chi connectivity index (χ4n) is 12.5.